The molecule has 0 spiro atoms. The average Bonchev–Trinajstić information content (AvgIpc) is 2.85. The Labute approximate surface area is 146 Å². The van der Waals surface area contributed by atoms with E-state index in [1.807, 2.05) is 6.07 Å². The predicted octanol–water partition coefficient (Wildman–Crippen LogP) is 1.78. The largest absolute Gasteiger partial charge is 0.478 e. The Morgan fingerprint density at radius 3 is 2.80 bits per heavy atom. The zero-order chi connectivity index (χ0) is 17.6. The molecule has 3 heterocycles. The van der Waals surface area contributed by atoms with Crippen LogP contribution in [0.4, 0.5) is 5.82 Å². The average molecular weight is 339 g/mol. The maximum absolute atomic E-state index is 10.7. The van der Waals surface area contributed by atoms with Crippen molar-refractivity contribution in [2.45, 2.75) is 6.42 Å². The molecule has 2 aromatic heterocycles. The quantitative estimate of drug-likeness (QED) is 0.850. The second-order valence-corrected chi connectivity index (χ2v) is 6.08. The van der Waals surface area contributed by atoms with Crippen molar-refractivity contribution >= 4 is 17.9 Å². The number of hydrogen-bond acceptors (Lipinski definition) is 6. The molecule has 25 heavy (non-hydrogen) atoms. The van der Waals surface area contributed by atoms with Crippen molar-refractivity contribution in [3.63, 3.8) is 0 Å². The van der Waals surface area contributed by atoms with Crippen LogP contribution < -0.4 is 4.90 Å². The van der Waals surface area contributed by atoms with Crippen molar-refractivity contribution in [3.8, 4) is 11.3 Å². The van der Waals surface area contributed by atoms with Crippen LogP contribution in [0.3, 0.4) is 0 Å². The van der Waals surface area contributed by atoms with E-state index in [0.29, 0.717) is 5.56 Å². The molecule has 0 unspecified atom stereocenters. The summed E-state index contributed by atoms with van der Waals surface area (Å²) in [6.07, 6.45) is 10.5. The summed E-state index contributed by atoms with van der Waals surface area (Å²) in [6, 6.07) is 1.86. The lowest BCUT2D eigenvalue weighted by atomic mass is 10.1. The van der Waals surface area contributed by atoms with Gasteiger partial charge in [0, 0.05) is 43.7 Å². The van der Waals surface area contributed by atoms with Crippen LogP contribution in [-0.2, 0) is 4.79 Å². The van der Waals surface area contributed by atoms with E-state index in [2.05, 4.69) is 26.8 Å². The van der Waals surface area contributed by atoms with E-state index >= 15 is 0 Å². The third-order valence-corrected chi connectivity index (χ3v) is 4.14. The van der Waals surface area contributed by atoms with Gasteiger partial charge in [-0.05, 0) is 37.7 Å². The summed E-state index contributed by atoms with van der Waals surface area (Å²) in [5.41, 5.74) is 2.26. The Balaban J connectivity index is 1.84. The molecule has 1 aliphatic heterocycles. The molecule has 7 nitrogen and oxygen atoms in total. The van der Waals surface area contributed by atoms with E-state index in [1.54, 1.807) is 24.8 Å². The fraction of sp³-hybridized carbons (Fsp3) is 0.333. The number of rotatable bonds is 4. The maximum atomic E-state index is 10.7. The smallest absolute Gasteiger partial charge is 0.328 e. The zero-order valence-corrected chi connectivity index (χ0v) is 14.2. The Morgan fingerprint density at radius 1 is 1.12 bits per heavy atom. The van der Waals surface area contributed by atoms with Crippen molar-refractivity contribution < 1.29 is 9.90 Å². The van der Waals surface area contributed by atoms with Gasteiger partial charge in [-0.2, -0.15) is 0 Å². The summed E-state index contributed by atoms with van der Waals surface area (Å²) in [4.78, 5) is 28.5. The van der Waals surface area contributed by atoms with Crippen LogP contribution >= 0.6 is 0 Å². The highest BCUT2D eigenvalue weighted by atomic mass is 16.4. The van der Waals surface area contributed by atoms with Crippen molar-refractivity contribution in [1.82, 2.24) is 19.9 Å². The fourth-order valence-electron chi connectivity index (χ4n) is 2.78. The number of hydrogen-bond donors (Lipinski definition) is 1. The molecule has 3 rings (SSSR count). The number of pyridine rings is 1. The lowest BCUT2D eigenvalue weighted by Crippen LogP contribution is -2.29. The Hall–Kier alpha value is -2.80. The normalized spacial score (nSPS) is 16.1. The molecule has 0 bridgehead atoms. The molecule has 0 amide bonds. The minimum absolute atomic E-state index is 0.712. The van der Waals surface area contributed by atoms with Gasteiger partial charge in [0.1, 0.15) is 5.82 Å². The summed E-state index contributed by atoms with van der Waals surface area (Å²) in [6.45, 7) is 3.98. The molecule has 1 saturated heterocycles. The van der Waals surface area contributed by atoms with Crippen LogP contribution in [0.2, 0.25) is 0 Å². The molecule has 0 radical (unpaired) electrons. The first-order chi connectivity index (χ1) is 12.1. The first-order valence-electron chi connectivity index (χ1n) is 8.24. The second kappa shape index (κ2) is 7.85. The molecule has 130 valence electrons. The van der Waals surface area contributed by atoms with Crippen LogP contribution in [-0.4, -0.2) is 64.2 Å². The molecule has 2 aromatic rings. The summed E-state index contributed by atoms with van der Waals surface area (Å²) in [7, 11) is 2.13. The number of aliphatic carboxylic acids is 1. The number of anilines is 1. The highest BCUT2D eigenvalue weighted by Crippen LogP contribution is 2.21. The summed E-state index contributed by atoms with van der Waals surface area (Å²) >= 11 is 0. The van der Waals surface area contributed by atoms with Gasteiger partial charge in [0.05, 0.1) is 18.1 Å². The van der Waals surface area contributed by atoms with Gasteiger partial charge in [0.25, 0.3) is 0 Å². The van der Waals surface area contributed by atoms with Crippen LogP contribution in [0.15, 0.2) is 36.9 Å². The van der Waals surface area contributed by atoms with Gasteiger partial charge in [-0.25, -0.2) is 9.78 Å². The van der Waals surface area contributed by atoms with E-state index < -0.39 is 5.97 Å². The topological polar surface area (TPSA) is 82.5 Å². The minimum Gasteiger partial charge on any atom is -0.478 e. The Morgan fingerprint density at radius 2 is 1.96 bits per heavy atom. The molecular weight excluding hydrogens is 318 g/mol. The van der Waals surface area contributed by atoms with E-state index in [1.165, 1.54) is 6.08 Å². The van der Waals surface area contributed by atoms with Crippen molar-refractivity contribution in [2.75, 3.05) is 38.1 Å². The molecule has 1 fully saturated rings. The lowest BCUT2D eigenvalue weighted by Gasteiger charge is -2.21. The fourth-order valence-corrected chi connectivity index (χ4v) is 2.78. The Bertz CT molecular complexity index is 778. The summed E-state index contributed by atoms with van der Waals surface area (Å²) in [5, 5.41) is 8.74. The van der Waals surface area contributed by atoms with E-state index in [9.17, 15) is 4.79 Å². The van der Waals surface area contributed by atoms with Crippen molar-refractivity contribution in [1.29, 1.82) is 0 Å². The standard InChI is InChI=1S/C18H21N5O2/c1-22-5-2-6-23(8-7-22)17-13-20-12-16(21-17)15-9-14(10-19-11-15)3-4-18(24)25/h3-4,9-13H,2,5-8H2,1H3,(H,24,25). The molecule has 1 N–H and O–H groups in total. The number of nitrogens with zero attached hydrogens (tertiary/aromatic N) is 5. The van der Waals surface area contributed by atoms with Gasteiger partial charge in [0.15, 0.2) is 0 Å². The molecule has 7 heteroatoms. The number of carbonyl (C=O) groups is 1. The zero-order valence-electron chi connectivity index (χ0n) is 14.2. The molecule has 0 aromatic carbocycles. The lowest BCUT2D eigenvalue weighted by molar-refractivity contribution is -0.131. The van der Waals surface area contributed by atoms with Crippen molar-refractivity contribution in [2.24, 2.45) is 0 Å². The monoisotopic (exact) mass is 339 g/mol. The minimum atomic E-state index is -0.988. The van der Waals surface area contributed by atoms with Gasteiger partial charge >= 0.3 is 5.97 Å². The molecule has 0 aliphatic carbocycles. The summed E-state index contributed by atoms with van der Waals surface area (Å²) in [5.74, 6) is -0.127. The first kappa shape index (κ1) is 17.0. The SMILES string of the molecule is CN1CCCN(c2cncc(-c3cncc(C=CC(=O)O)c3)n2)CC1. The van der Waals surface area contributed by atoms with Gasteiger partial charge < -0.3 is 14.9 Å². The Kier molecular flexibility index (Phi) is 5.35. The van der Waals surface area contributed by atoms with E-state index in [0.717, 1.165) is 55.8 Å². The highest BCUT2D eigenvalue weighted by molar-refractivity contribution is 5.85. The van der Waals surface area contributed by atoms with Crippen molar-refractivity contribution in [3.05, 3.63) is 42.5 Å². The van der Waals surface area contributed by atoms with Gasteiger partial charge in [-0.3, -0.25) is 9.97 Å². The molecular formula is C18H21N5O2. The number of aromatic nitrogens is 3. The van der Waals surface area contributed by atoms with Gasteiger partial charge in [-0.15, -0.1) is 0 Å². The molecule has 0 saturated carbocycles. The second-order valence-electron chi connectivity index (χ2n) is 6.08. The third-order valence-electron chi connectivity index (χ3n) is 4.14. The van der Waals surface area contributed by atoms with E-state index in [4.69, 9.17) is 10.1 Å². The molecule has 1 aliphatic rings. The number of carboxylic acids is 1. The maximum Gasteiger partial charge on any atom is 0.328 e. The third kappa shape index (κ3) is 4.60. The summed E-state index contributed by atoms with van der Waals surface area (Å²) < 4.78 is 0. The highest BCUT2D eigenvalue weighted by Gasteiger charge is 2.14. The van der Waals surface area contributed by atoms with Crippen LogP contribution in [0.25, 0.3) is 17.3 Å². The van der Waals surface area contributed by atoms with Crippen LogP contribution in [0, 0.1) is 0 Å². The molecule has 0 atom stereocenters. The van der Waals surface area contributed by atoms with Gasteiger partial charge in [-0.1, -0.05) is 0 Å². The predicted molar refractivity (Wildman–Crippen MR) is 96.3 cm³/mol. The number of carboxylic acid groups (broad SMARTS) is 1. The van der Waals surface area contributed by atoms with Crippen LogP contribution in [0.1, 0.15) is 12.0 Å². The van der Waals surface area contributed by atoms with Gasteiger partial charge in [0.2, 0.25) is 0 Å². The number of likely N-dealkylation sites (N-methyl/N-ethyl adjacent to an activating group) is 1. The first-order valence-corrected chi connectivity index (χ1v) is 8.24. The van der Waals surface area contributed by atoms with Crippen LogP contribution in [0.5, 0.6) is 0 Å². The van der Waals surface area contributed by atoms with E-state index in [-0.39, 0.29) is 0 Å².